The Hall–Kier alpha value is -2.33. The van der Waals surface area contributed by atoms with E-state index in [0.717, 1.165) is 122 Å². The Morgan fingerprint density at radius 1 is 0.565 bits per heavy atom. The minimum absolute atomic E-state index is 0.0271. The molecule has 0 radical (unpaired) electrons. The average molecular weight is 649 g/mol. The van der Waals surface area contributed by atoms with E-state index in [0.29, 0.717) is 45.5 Å². The molecule has 0 aromatic carbocycles. The maximum Gasteiger partial charge on any atom is 0.306 e. The molecule has 0 spiro atoms. The molecule has 0 amide bonds. The Morgan fingerprint density at radius 3 is 1.74 bits per heavy atom. The van der Waals surface area contributed by atoms with Crippen molar-refractivity contribution in [2.75, 3.05) is 26.9 Å². The van der Waals surface area contributed by atoms with Crippen LogP contribution in [-0.4, -0.2) is 50.9 Å². The minimum atomic E-state index is -0.128. The van der Waals surface area contributed by atoms with Crippen LogP contribution in [0.1, 0.15) is 174 Å². The van der Waals surface area contributed by atoms with Crippen LogP contribution in [0.3, 0.4) is 0 Å². The summed E-state index contributed by atoms with van der Waals surface area (Å²) in [5.74, 6) is 5.84. The highest BCUT2D eigenvalue weighted by Crippen LogP contribution is 2.18. The predicted molar refractivity (Wildman–Crippen MR) is 187 cm³/mol. The number of rotatable bonds is 32. The Morgan fingerprint density at radius 2 is 1.11 bits per heavy atom. The molecule has 0 heterocycles. The molecule has 1 unspecified atom stereocenters. The lowest BCUT2D eigenvalue weighted by molar-refractivity contribution is -0.150. The van der Waals surface area contributed by atoms with Gasteiger partial charge in [-0.3, -0.25) is 14.4 Å². The zero-order valence-corrected chi connectivity index (χ0v) is 29.9. The van der Waals surface area contributed by atoms with Gasteiger partial charge in [-0.1, -0.05) is 96.1 Å². The van der Waals surface area contributed by atoms with Crippen molar-refractivity contribution in [1.82, 2.24) is 0 Å². The van der Waals surface area contributed by atoms with Gasteiger partial charge in [0.1, 0.15) is 19.3 Å². The first-order valence-electron chi connectivity index (χ1n) is 18.6. The molecule has 46 heavy (non-hydrogen) atoms. The fourth-order valence-corrected chi connectivity index (χ4v) is 4.99. The third kappa shape index (κ3) is 33.0. The molecule has 0 aliphatic rings. The van der Waals surface area contributed by atoms with Crippen molar-refractivity contribution < 1.29 is 33.3 Å². The van der Waals surface area contributed by atoms with Gasteiger partial charge in [0, 0.05) is 45.8 Å². The number of hydrogen-bond donors (Lipinski definition) is 0. The first kappa shape index (κ1) is 43.7. The van der Waals surface area contributed by atoms with Crippen LogP contribution in [0.5, 0.6) is 0 Å². The number of carbonyl (C=O) groups excluding carboxylic acids is 3. The van der Waals surface area contributed by atoms with Gasteiger partial charge in [-0.05, 0) is 64.2 Å². The molecule has 0 saturated carbocycles. The van der Waals surface area contributed by atoms with Gasteiger partial charge in [0.15, 0.2) is 0 Å². The second-order valence-electron chi connectivity index (χ2n) is 12.3. The van der Waals surface area contributed by atoms with Gasteiger partial charge in [0.25, 0.3) is 0 Å². The zero-order valence-electron chi connectivity index (χ0n) is 29.9. The third-order valence-corrected chi connectivity index (χ3v) is 7.84. The van der Waals surface area contributed by atoms with Crippen molar-refractivity contribution in [2.45, 2.75) is 180 Å². The quantitative estimate of drug-likeness (QED) is 0.0236. The van der Waals surface area contributed by atoms with Gasteiger partial charge in [0.2, 0.25) is 0 Å². The Bertz CT molecular complexity index is 811. The molecule has 0 aromatic heterocycles. The highest BCUT2D eigenvalue weighted by Gasteiger charge is 2.14. The van der Waals surface area contributed by atoms with Crippen molar-refractivity contribution in [3.05, 3.63) is 12.2 Å². The largest absolute Gasteiger partial charge is 0.465 e. The summed E-state index contributed by atoms with van der Waals surface area (Å²) in [7, 11) is 1.68. The van der Waals surface area contributed by atoms with Crippen molar-refractivity contribution in [2.24, 2.45) is 0 Å². The molecule has 0 bridgehead atoms. The van der Waals surface area contributed by atoms with E-state index in [-0.39, 0.29) is 24.0 Å². The van der Waals surface area contributed by atoms with Gasteiger partial charge < -0.3 is 18.9 Å². The minimum Gasteiger partial charge on any atom is -0.465 e. The predicted octanol–water partition coefficient (Wildman–Crippen LogP) is 9.98. The van der Waals surface area contributed by atoms with Crippen LogP contribution >= 0.6 is 0 Å². The van der Waals surface area contributed by atoms with Crippen LogP contribution < -0.4 is 0 Å². The summed E-state index contributed by atoms with van der Waals surface area (Å²) in [5, 5.41) is 0. The molecule has 0 rings (SSSR count). The maximum absolute atomic E-state index is 12.4. The lowest BCUT2D eigenvalue weighted by Crippen LogP contribution is -2.18. The third-order valence-electron chi connectivity index (χ3n) is 7.84. The molecular formula is C39H68O7. The van der Waals surface area contributed by atoms with E-state index in [9.17, 15) is 14.4 Å². The van der Waals surface area contributed by atoms with E-state index in [2.05, 4.69) is 31.8 Å². The average Bonchev–Trinajstić information content (AvgIpc) is 3.04. The summed E-state index contributed by atoms with van der Waals surface area (Å²) < 4.78 is 21.5. The van der Waals surface area contributed by atoms with E-state index in [1.807, 2.05) is 6.08 Å². The smallest absolute Gasteiger partial charge is 0.306 e. The molecule has 0 aliphatic heterocycles. The van der Waals surface area contributed by atoms with Crippen LogP contribution in [0, 0.1) is 11.8 Å². The molecular weight excluding hydrogens is 580 g/mol. The van der Waals surface area contributed by atoms with Gasteiger partial charge in [-0.15, -0.1) is 5.92 Å². The molecule has 0 aliphatic carbocycles. The van der Waals surface area contributed by atoms with E-state index in [1.165, 1.54) is 12.8 Å². The van der Waals surface area contributed by atoms with Crippen LogP contribution in [0.25, 0.3) is 0 Å². The van der Waals surface area contributed by atoms with Crippen molar-refractivity contribution in [3.8, 4) is 11.8 Å². The molecule has 0 N–H and O–H groups in total. The van der Waals surface area contributed by atoms with Gasteiger partial charge in [0.05, 0.1) is 0 Å². The molecule has 0 aromatic rings. The maximum atomic E-state index is 12.4. The standard InChI is InChI=1S/C39H68O7/c1-4-6-8-10-19-26-35-45-38(41)31-23-17-13-15-21-29-36(46-39(42)32-24-27-33-43-3)28-20-14-11-12-16-22-30-37(40)44-34-25-18-9-7-5-2/h18,25,36H,4-9,11-17,20-24,26-35H2,1-3H3/b25-18+. The zero-order chi connectivity index (χ0) is 33.8. The highest BCUT2D eigenvalue weighted by molar-refractivity contribution is 5.70. The number of unbranched alkanes of at least 4 members (excludes halogenated alkanes) is 14. The summed E-state index contributed by atoms with van der Waals surface area (Å²) in [5.41, 5.74) is 0. The summed E-state index contributed by atoms with van der Waals surface area (Å²) in [4.78, 5) is 36.2. The number of allylic oxidation sites excluding steroid dienone is 1. The Kier molecular flexibility index (Phi) is 33.7. The van der Waals surface area contributed by atoms with Crippen LogP contribution in [-0.2, 0) is 33.3 Å². The van der Waals surface area contributed by atoms with E-state index in [4.69, 9.17) is 18.9 Å². The normalized spacial score (nSPS) is 11.6. The number of methoxy groups -OCH3 is 1. The summed E-state index contributed by atoms with van der Waals surface area (Å²) >= 11 is 0. The number of carbonyl (C=O) groups is 3. The van der Waals surface area contributed by atoms with Gasteiger partial charge in [-0.25, -0.2) is 0 Å². The molecule has 266 valence electrons. The number of esters is 3. The first-order valence-corrected chi connectivity index (χ1v) is 18.6. The second-order valence-corrected chi connectivity index (χ2v) is 12.3. The van der Waals surface area contributed by atoms with Crippen molar-refractivity contribution in [3.63, 3.8) is 0 Å². The second kappa shape index (κ2) is 35.5. The summed E-state index contributed by atoms with van der Waals surface area (Å²) in [6.45, 7) is 5.75. The molecule has 7 nitrogen and oxygen atoms in total. The molecule has 7 heteroatoms. The van der Waals surface area contributed by atoms with E-state index in [1.54, 1.807) is 7.11 Å². The summed E-state index contributed by atoms with van der Waals surface area (Å²) in [6, 6.07) is 0. The van der Waals surface area contributed by atoms with Gasteiger partial charge in [-0.2, -0.15) is 0 Å². The lowest BCUT2D eigenvalue weighted by Gasteiger charge is -2.18. The summed E-state index contributed by atoms with van der Waals surface area (Å²) in [6.07, 6.45) is 27.3. The Labute approximate surface area is 282 Å². The fourth-order valence-electron chi connectivity index (χ4n) is 4.99. The fraction of sp³-hybridized carbons (Fsp3) is 0.821. The van der Waals surface area contributed by atoms with Crippen molar-refractivity contribution >= 4 is 17.9 Å². The molecule has 0 fully saturated rings. The Balaban J connectivity index is 4.10. The lowest BCUT2D eigenvalue weighted by atomic mass is 10.0. The van der Waals surface area contributed by atoms with E-state index < -0.39 is 0 Å². The number of ether oxygens (including phenoxy) is 4. The molecule has 0 saturated heterocycles. The van der Waals surface area contributed by atoms with Gasteiger partial charge >= 0.3 is 17.9 Å². The van der Waals surface area contributed by atoms with Crippen LogP contribution in [0.15, 0.2) is 12.2 Å². The number of hydrogen-bond acceptors (Lipinski definition) is 7. The molecule has 1 atom stereocenters. The van der Waals surface area contributed by atoms with Crippen LogP contribution in [0.2, 0.25) is 0 Å². The monoisotopic (exact) mass is 648 g/mol. The van der Waals surface area contributed by atoms with E-state index >= 15 is 0 Å². The van der Waals surface area contributed by atoms with Crippen LogP contribution in [0.4, 0.5) is 0 Å². The SMILES string of the molecule is CCCCC#CCCOC(=O)CCCCCCCC(CCCCCCCCC(=O)OC/C=C/CCCC)OC(=O)CCCCOC. The first-order chi connectivity index (χ1) is 22.5. The van der Waals surface area contributed by atoms with Crippen molar-refractivity contribution in [1.29, 1.82) is 0 Å². The highest BCUT2D eigenvalue weighted by atomic mass is 16.5. The topological polar surface area (TPSA) is 88.1 Å².